The topological polar surface area (TPSA) is 73.7 Å². The Labute approximate surface area is 161 Å². The first kappa shape index (κ1) is 20.8. The predicted octanol–water partition coefficient (Wildman–Crippen LogP) is 2.25. The zero-order valence-electron chi connectivity index (χ0n) is 15.7. The minimum absolute atomic E-state index is 0.141. The summed E-state index contributed by atoms with van der Waals surface area (Å²) in [7, 11) is -0.664. The summed E-state index contributed by atoms with van der Waals surface area (Å²) in [5.41, 5.74) is 0.777. The molecule has 2 atom stereocenters. The van der Waals surface area contributed by atoms with Gasteiger partial charge in [0.05, 0.1) is 22.9 Å². The molecule has 1 saturated heterocycles. The van der Waals surface area contributed by atoms with E-state index in [1.54, 1.807) is 17.9 Å². The Hall–Kier alpha value is -1.91. The number of sulfonamides is 1. The molecule has 2 aromatic rings. The van der Waals surface area contributed by atoms with Crippen molar-refractivity contribution in [1.82, 2.24) is 9.29 Å². The number of hydrogen-bond donors (Lipinski definition) is 1. The maximum absolute atomic E-state index is 13.1. The van der Waals surface area contributed by atoms with Gasteiger partial charge >= 0.3 is 6.18 Å². The van der Waals surface area contributed by atoms with Crippen LogP contribution in [0.4, 0.5) is 18.9 Å². The summed E-state index contributed by atoms with van der Waals surface area (Å²) in [5.74, 6) is -0.769. The molecule has 1 fully saturated rings. The molecular weight excluding hydrogens is 395 g/mol. The fourth-order valence-corrected chi connectivity index (χ4v) is 4.58. The summed E-state index contributed by atoms with van der Waals surface area (Å²) < 4.78 is 64.8. The number of aryl methyl sites for hydroxylation is 1. The van der Waals surface area contributed by atoms with Gasteiger partial charge in [0.25, 0.3) is 0 Å². The average molecular weight is 417 g/mol. The van der Waals surface area contributed by atoms with Crippen molar-refractivity contribution in [2.45, 2.75) is 19.2 Å². The highest BCUT2D eigenvalue weighted by Crippen LogP contribution is 2.36. The molecule has 0 bridgehead atoms. The fraction of sp³-hybridized carbons (Fsp3) is 0.500. The molecule has 0 aliphatic carbocycles. The van der Waals surface area contributed by atoms with Gasteiger partial charge in [-0.25, -0.2) is 12.7 Å². The summed E-state index contributed by atoms with van der Waals surface area (Å²) in [6, 6.07) is 5.03. The maximum Gasteiger partial charge on any atom is 0.416 e. The highest BCUT2D eigenvalue weighted by Gasteiger charge is 2.36. The van der Waals surface area contributed by atoms with Gasteiger partial charge in [-0.3, -0.25) is 4.98 Å². The average Bonchev–Trinajstić information content (AvgIpc) is 2.92. The number of fused-ring (bicyclic) bond motifs is 1. The first-order valence-corrected chi connectivity index (χ1v) is 10.3. The minimum atomic E-state index is -4.48. The Morgan fingerprint density at radius 2 is 1.93 bits per heavy atom. The molecule has 0 spiro atoms. The fourth-order valence-electron chi connectivity index (χ4n) is 3.41. The van der Waals surface area contributed by atoms with Gasteiger partial charge in [0.1, 0.15) is 0 Å². The number of benzene rings is 1. The van der Waals surface area contributed by atoms with Crippen LogP contribution < -0.4 is 4.90 Å². The second-order valence-corrected chi connectivity index (χ2v) is 9.53. The van der Waals surface area contributed by atoms with Crippen molar-refractivity contribution in [2.24, 2.45) is 5.92 Å². The molecule has 0 amide bonds. The van der Waals surface area contributed by atoms with Crippen molar-refractivity contribution in [3.05, 3.63) is 35.5 Å². The molecule has 6 nitrogen and oxygen atoms in total. The lowest BCUT2D eigenvalue weighted by molar-refractivity contribution is -0.137. The van der Waals surface area contributed by atoms with Crippen molar-refractivity contribution >= 4 is 26.6 Å². The first-order valence-electron chi connectivity index (χ1n) is 8.70. The summed E-state index contributed by atoms with van der Waals surface area (Å²) in [6.07, 6.45) is -5.38. The predicted molar refractivity (Wildman–Crippen MR) is 101 cm³/mol. The molecule has 1 aromatic carbocycles. The molecular formula is C18H22F3N3O3S. The number of anilines is 1. The SMILES string of the molecule is Cc1cc(N2C[C@@H](CS(=O)(=O)N(C)C)[C@H](O)C2)c2cc(C(F)(F)F)ccc2n1. The zero-order valence-corrected chi connectivity index (χ0v) is 16.5. The summed E-state index contributed by atoms with van der Waals surface area (Å²) in [4.78, 5) is 6.03. The Balaban J connectivity index is 1.99. The molecule has 28 heavy (non-hydrogen) atoms. The van der Waals surface area contributed by atoms with Crippen LogP contribution in [0.3, 0.4) is 0 Å². The van der Waals surface area contributed by atoms with Crippen molar-refractivity contribution in [3.63, 3.8) is 0 Å². The minimum Gasteiger partial charge on any atom is -0.391 e. The molecule has 3 rings (SSSR count). The Morgan fingerprint density at radius 3 is 2.54 bits per heavy atom. The normalized spacial score (nSPS) is 21.1. The molecule has 0 unspecified atom stereocenters. The van der Waals surface area contributed by atoms with Gasteiger partial charge in [-0.05, 0) is 31.2 Å². The molecule has 1 aliphatic rings. The lowest BCUT2D eigenvalue weighted by Crippen LogP contribution is -2.33. The van der Waals surface area contributed by atoms with E-state index < -0.39 is 33.8 Å². The van der Waals surface area contributed by atoms with Crippen LogP contribution in [-0.4, -0.2) is 61.9 Å². The van der Waals surface area contributed by atoms with Crippen LogP contribution >= 0.6 is 0 Å². The van der Waals surface area contributed by atoms with Gasteiger partial charge in [0.15, 0.2) is 0 Å². The number of aromatic nitrogens is 1. The molecule has 1 aromatic heterocycles. The molecule has 154 valence electrons. The number of hydrogen-bond acceptors (Lipinski definition) is 5. The lowest BCUT2D eigenvalue weighted by atomic mass is 10.1. The van der Waals surface area contributed by atoms with E-state index in [1.807, 2.05) is 0 Å². The lowest BCUT2D eigenvalue weighted by Gasteiger charge is -2.22. The van der Waals surface area contributed by atoms with E-state index in [0.29, 0.717) is 22.3 Å². The molecule has 0 radical (unpaired) electrons. The molecule has 1 N–H and O–H groups in total. The quantitative estimate of drug-likeness (QED) is 0.826. The van der Waals surface area contributed by atoms with Crippen LogP contribution in [0.25, 0.3) is 10.9 Å². The molecule has 1 aliphatic heterocycles. The van der Waals surface area contributed by atoms with Gasteiger partial charge < -0.3 is 10.0 Å². The third kappa shape index (κ3) is 4.08. The third-order valence-corrected chi connectivity index (χ3v) is 6.93. The number of alkyl halides is 3. The van der Waals surface area contributed by atoms with Crippen LogP contribution in [0.15, 0.2) is 24.3 Å². The second-order valence-electron chi connectivity index (χ2n) is 7.31. The smallest absolute Gasteiger partial charge is 0.391 e. The standard InChI is InChI=1S/C18H22F3N3O3S/c1-11-6-16(14-7-13(18(19,20)21)4-5-15(14)22-11)24-8-12(17(25)9-24)10-28(26,27)23(2)3/h4-7,12,17,25H,8-10H2,1-3H3/t12-,17+/m0/s1. The van der Waals surface area contributed by atoms with Crippen LogP contribution in [0.2, 0.25) is 0 Å². The van der Waals surface area contributed by atoms with E-state index in [4.69, 9.17) is 0 Å². The van der Waals surface area contributed by atoms with Crippen molar-refractivity contribution in [1.29, 1.82) is 0 Å². The monoisotopic (exact) mass is 417 g/mol. The number of pyridine rings is 1. The van der Waals surface area contributed by atoms with Crippen LogP contribution in [0, 0.1) is 12.8 Å². The van der Waals surface area contributed by atoms with Gasteiger partial charge in [0.2, 0.25) is 10.0 Å². The summed E-state index contributed by atoms with van der Waals surface area (Å²) in [6.45, 7) is 2.10. The largest absolute Gasteiger partial charge is 0.416 e. The van der Waals surface area contributed by atoms with E-state index in [9.17, 15) is 26.7 Å². The summed E-state index contributed by atoms with van der Waals surface area (Å²) >= 11 is 0. The number of aliphatic hydroxyl groups is 1. The van der Waals surface area contributed by atoms with Crippen molar-refractivity contribution in [2.75, 3.05) is 37.8 Å². The number of halogens is 3. The summed E-state index contributed by atoms with van der Waals surface area (Å²) in [5, 5.41) is 10.7. The van der Waals surface area contributed by atoms with Crippen molar-refractivity contribution in [3.8, 4) is 0 Å². The van der Waals surface area contributed by atoms with E-state index in [-0.39, 0.29) is 18.8 Å². The number of rotatable bonds is 4. The molecule has 10 heteroatoms. The van der Waals surface area contributed by atoms with E-state index in [1.165, 1.54) is 20.2 Å². The third-order valence-electron chi connectivity index (χ3n) is 4.97. The second kappa shape index (κ2) is 7.16. The van der Waals surface area contributed by atoms with Crippen LogP contribution in [0.5, 0.6) is 0 Å². The van der Waals surface area contributed by atoms with E-state index in [0.717, 1.165) is 16.4 Å². The highest BCUT2D eigenvalue weighted by molar-refractivity contribution is 7.89. The van der Waals surface area contributed by atoms with Crippen LogP contribution in [-0.2, 0) is 16.2 Å². The van der Waals surface area contributed by atoms with E-state index >= 15 is 0 Å². The first-order chi connectivity index (χ1) is 12.9. The van der Waals surface area contributed by atoms with Gasteiger partial charge in [-0.2, -0.15) is 13.2 Å². The van der Waals surface area contributed by atoms with Gasteiger partial charge in [0, 0.05) is 49.9 Å². The maximum atomic E-state index is 13.1. The highest BCUT2D eigenvalue weighted by atomic mass is 32.2. The number of aliphatic hydroxyl groups excluding tert-OH is 1. The Morgan fingerprint density at radius 1 is 1.25 bits per heavy atom. The number of nitrogens with zero attached hydrogens (tertiary/aromatic N) is 3. The number of β-amino-alcohol motifs (C(OH)–C–C–N with tert-alkyl or cyclic N) is 1. The Bertz CT molecular complexity index is 993. The molecule has 0 saturated carbocycles. The molecule has 2 heterocycles. The Kier molecular flexibility index (Phi) is 5.32. The van der Waals surface area contributed by atoms with E-state index in [2.05, 4.69) is 4.98 Å². The zero-order chi connectivity index (χ0) is 20.9. The van der Waals surface area contributed by atoms with Crippen molar-refractivity contribution < 1.29 is 26.7 Å². The van der Waals surface area contributed by atoms with Crippen LogP contribution in [0.1, 0.15) is 11.3 Å². The van der Waals surface area contributed by atoms with Gasteiger partial charge in [-0.1, -0.05) is 0 Å². The van der Waals surface area contributed by atoms with Gasteiger partial charge in [-0.15, -0.1) is 0 Å².